The van der Waals surface area contributed by atoms with Crippen molar-refractivity contribution in [1.82, 2.24) is 0 Å². The second-order valence-electron chi connectivity index (χ2n) is 5.06. The molecular formula is C12H16N2O2S. The van der Waals surface area contributed by atoms with E-state index in [1.165, 1.54) is 12.7 Å². The predicted octanol–water partition coefficient (Wildman–Crippen LogP) is 1.85. The molecule has 1 aliphatic carbocycles. The third kappa shape index (κ3) is 1.69. The van der Waals surface area contributed by atoms with Crippen LogP contribution in [0.15, 0.2) is 23.1 Å². The molecule has 2 N–H and O–H groups in total. The molecule has 0 bridgehead atoms. The fourth-order valence-electron chi connectivity index (χ4n) is 2.62. The normalized spacial score (nSPS) is 21.0. The summed E-state index contributed by atoms with van der Waals surface area (Å²) >= 11 is 0. The van der Waals surface area contributed by atoms with Crippen LogP contribution in [0.3, 0.4) is 0 Å². The summed E-state index contributed by atoms with van der Waals surface area (Å²) in [5.41, 5.74) is 1.80. The second-order valence-corrected chi connectivity index (χ2v) is 7.05. The van der Waals surface area contributed by atoms with Gasteiger partial charge in [0, 0.05) is 12.8 Å². The van der Waals surface area contributed by atoms with Crippen molar-refractivity contribution in [1.29, 1.82) is 0 Å². The molecular weight excluding hydrogens is 236 g/mol. The van der Waals surface area contributed by atoms with Crippen LogP contribution >= 0.6 is 0 Å². The van der Waals surface area contributed by atoms with Gasteiger partial charge in [0.25, 0.3) is 0 Å². The minimum atomic E-state index is -3.17. The summed E-state index contributed by atoms with van der Waals surface area (Å²) < 4.78 is 23.4. The van der Waals surface area contributed by atoms with Crippen LogP contribution in [0.1, 0.15) is 19.3 Å². The van der Waals surface area contributed by atoms with E-state index < -0.39 is 9.84 Å². The van der Waals surface area contributed by atoms with Gasteiger partial charge < -0.3 is 10.6 Å². The Kier molecular flexibility index (Phi) is 2.17. The van der Waals surface area contributed by atoms with Crippen molar-refractivity contribution in [2.24, 2.45) is 0 Å². The number of anilines is 2. The first-order chi connectivity index (χ1) is 8.00. The molecule has 0 radical (unpaired) electrons. The Labute approximate surface area is 101 Å². The van der Waals surface area contributed by atoms with E-state index in [0.717, 1.165) is 30.8 Å². The quantitative estimate of drug-likeness (QED) is 0.801. The average Bonchev–Trinajstić information content (AvgIpc) is 2.24. The molecule has 1 spiro atoms. The number of rotatable bonds is 1. The van der Waals surface area contributed by atoms with Crippen molar-refractivity contribution in [2.75, 3.05) is 23.4 Å². The smallest absolute Gasteiger partial charge is 0.177 e. The zero-order valence-corrected chi connectivity index (χ0v) is 10.6. The molecule has 1 saturated carbocycles. The zero-order chi connectivity index (χ0) is 12.1. The molecule has 17 heavy (non-hydrogen) atoms. The van der Waals surface area contributed by atoms with Crippen LogP contribution in [0.2, 0.25) is 0 Å². The standard InChI is InChI=1S/C12H16N2O2S/c1-17(15,16)10-5-2-4-9-11(10)13-8-12(14-9)6-3-7-12/h2,4-5,13-14H,3,6-8H2,1H3. The van der Waals surface area contributed by atoms with Gasteiger partial charge in [-0.3, -0.25) is 0 Å². The van der Waals surface area contributed by atoms with Crippen LogP contribution < -0.4 is 10.6 Å². The Morgan fingerprint density at radius 1 is 1.29 bits per heavy atom. The van der Waals surface area contributed by atoms with Crippen molar-refractivity contribution in [3.05, 3.63) is 18.2 Å². The van der Waals surface area contributed by atoms with Gasteiger partial charge in [0.05, 0.1) is 21.8 Å². The summed E-state index contributed by atoms with van der Waals surface area (Å²) in [6.07, 6.45) is 4.80. The second kappa shape index (κ2) is 3.38. The molecule has 1 heterocycles. The van der Waals surface area contributed by atoms with Gasteiger partial charge in [-0.1, -0.05) is 6.07 Å². The first kappa shape index (κ1) is 10.9. The Morgan fingerprint density at radius 2 is 2.06 bits per heavy atom. The highest BCUT2D eigenvalue weighted by Crippen LogP contribution is 2.42. The third-order valence-electron chi connectivity index (χ3n) is 3.74. The van der Waals surface area contributed by atoms with E-state index in [1.54, 1.807) is 12.1 Å². The number of fused-ring (bicyclic) bond motifs is 1. The summed E-state index contributed by atoms with van der Waals surface area (Å²) in [6.45, 7) is 0.812. The van der Waals surface area contributed by atoms with Crippen LogP contribution in [0, 0.1) is 0 Å². The lowest BCUT2D eigenvalue weighted by Gasteiger charge is -2.47. The van der Waals surface area contributed by atoms with Crippen LogP contribution in [0.5, 0.6) is 0 Å². The summed E-state index contributed by atoms with van der Waals surface area (Å²) in [5.74, 6) is 0. The van der Waals surface area contributed by atoms with Crippen LogP contribution in [0.4, 0.5) is 11.4 Å². The van der Waals surface area contributed by atoms with Crippen molar-refractivity contribution >= 4 is 21.2 Å². The highest BCUT2D eigenvalue weighted by molar-refractivity contribution is 7.90. The molecule has 3 rings (SSSR count). The molecule has 0 unspecified atom stereocenters. The molecule has 1 aromatic carbocycles. The molecule has 92 valence electrons. The fourth-order valence-corrected chi connectivity index (χ4v) is 3.50. The van der Waals surface area contributed by atoms with Crippen molar-refractivity contribution in [3.63, 3.8) is 0 Å². The molecule has 0 aromatic heterocycles. The van der Waals surface area contributed by atoms with Crippen LogP contribution in [-0.4, -0.2) is 26.8 Å². The fraction of sp³-hybridized carbons (Fsp3) is 0.500. The van der Waals surface area contributed by atoms with E-state index in [1.807, 2.05) is 6.07 Å². The van der Waals surface area contributed by atoms with Crippen LogP contribution in [0.25, 0.3) is 0 Å². The predicted molar refractivity (Wildman–Crippen MR) is 68.2 cm³/mol. The summed E-state index contributed by atoms with van der Waals surface area (Å²) in [5, 5.41) is 6.78. The maximum absolute atomic E-state index is 11.7. The van der Waals surface area contributed by atoms with Gasteiger partial charge in [0.1, 0.15) is 0 Å². The minimum Gasteiger partial charge on any atom is -0.380 e. The molecule has 5 heteroatoms. The average molecular weight is 252 g/mol. The number of nitrogens with one attached hydrogen (secondary N) is 2. The monoisotopic (exact) mass is 252 g/mol. The summed E-state index contributed by atoms with van der Waals surface area (Å²) in [6, 6.07) is 5.39. The molecule has 1 fully saturated rings. The van der Waals surface area contributed by atoms with Gasteiger partial charge >= 0.3 is 0 Å². The van der Waals surface area contributed by atoms with Gasteiger partial charge in [0.15, 0.2) is 9.84 Å². The van der Waals surface area contributed by atoms with E-state index >= 15 is 0 Å². The SMILES string of the molecule is CS(=O)(=O)c1cccc2c1NCC1(CCC1)N2. The number of para-hydroxylation sites is 1. The summed E-state index contributed by atoms with van der Waals surface area (Å²) in [4.78, 5) is 0.386. The number of benzene rings is 1. The van der Waals surface area contributed by atoms with Gasteiger partial charge in [-0.2, -0.15) is 0 Å². The maximum Gasteiger partial charge on any atom is 0.177 e. The molecule has 0 atom stereocenters. The van der Waals surface area contributed by atoms with Crippen molar-refractivity contribution < 1.29 is 8.42 Å². The van der Waals surface area contributed by atoms with E-state index in [0.29, 0.717) is 4.90 Å². The van der Waals surface area contributed by atoms with Crippen molar-refractivity contribution in [3.8, 4) is 0 Å². The Balaban J connectivity index is 2.06. The lowest BCUT2D eigenvalue weighted by atomic mass is 9.75. The first-order valence-corrected chi connectivity index (χ1v) is 7.75. The van der Waals surface area contributed by atoms with Crippen LogP contribution in [-0.2, 0) is 9.84 Å². The first-order valence-electron chi connectivity index (χ1n) is 5.85. The molecule has 2 aliphatic rings. The zero-order valence-electron chi connectivity index (χ0n) is 9.79. The molecule has 4 nitrogen and oxygen atoms in total. The molecule has 0 saturated heterocycles. The Bertz CT molecular complexity index is 562. The van der Waals surface area contributed by atoms with E-state index in [-0.39, 0.29) is 5.54 Å². The van der Waals surface area contributed by atoms with Gasteiger partial charge in [-0.25, -0.2) is 8.42 Å². The highest BCUT2D eigenvalue weighted by Gasteiger charge is 2.40. The van der Waals surface area contributed by atoms with Gasteiger partial charge in [-0.05, 0) is 31.4 Å². The number of hydrogen-bond donors (Lipinski definition) is 2. The van der Waals surface area contributed by atoms with Crippen molar-refractivity contribution in [2.45, 2.75) is 29.7 Å². The number of sulfone groups is 1. The lowest BCUT2D eigenvalue weighted by molar-refractivity contribution is 0.291. The van der Waals surface area contributed by atoms with E-state index in [4.69, 9.17) is 0 Å². The van der Waals surface area contributed by atoms with Gasteiger partial charge in [0.2, 0.25) is 0 Å². The largest absolute Gasteiger partial charge is 0.380 e. The van der Waals surface area contributed by atoms with E-state index in [2.05, 4.69) is 10.6 Å². The minimum absolute atomic E-state index is 0.156. The van der Waals surface area contributed by atoms with E-state index in [9.17, 15) is 8.42 Å². The molecule has 1 aliphatic heterocycles. The Hall–Kier alpha value is -1.23. The van der Waals surface area contributed by atoms with Gasteiger partial charge in [-0.15, -0.1) is 0 Å². The Morgan fingerprint density at radius 3 is 2.65 bits per heavy atom. The highest BCUT2D eigenvalue weighted by atomic mass is 32.2. The molecule has 0 amide bonds. The topological polar surface area (TPSA) is 58.2 Å². The molecule has 1 aromatic rings. The third-order valence-corrected chi connectivity index (χ3v) is 4.88. The maximum atomic E-state index is 11.7. The lowest BCUT2D eigenvalue weighted by Crippen LogP contribution is -2.53. The summed E-state index contributed by atoms with van der Waals surface area (Å²) in [7, 11) is -3.17. The number of hydrogen-bond acceptors (Lipinski definition) is 4.